The van der Waals surface area contributed by atoms with E-state index in [0.29, 0.717) is 48.3 Å². The molecule has 0 bridgehead atoms. The van der Waals surface area contributed by atoms with Crippen molar-refractivity contribution in [1.82, 2.24) is 14.3 Å². The average Bonchev–Trinajstić information content (AvgIpc) is 2.86. The summed E-state index contributed by atoms with van der Waals surface area (Å²) in [6, 6.07) is 6.23. The summed E-state index contributed by atoms with van der Waals surface area (Å²) in [5.41, 5.74) is 1.57. The Morgan fingerprint density at radius 1 is 1.14 bits per heavy atom. The molecule has 1 heterocycles. The Labute approximate surface area is 208 Å². The molecular weight excluding hydrogens is 466 g/mol. The number of aromatic nitrogens is 2. The van der Waals surface area contributed by atoms with Gasteiger partial charge in [0.05, 0.1) is 22.3 Å². The van der Waals surface area contributed by atoms with Crippen molar-refractivity contribution in [2.75, 3.05) is 30.8 Å². The van der Waals surface area contributed by atoms with Crippen molar-refractivity contribution >= 4 is 27.6 Å². The third-order valence-corrected chi connectivity index (χ3v) is 8.51. The first-order valence-corrected chi connectivity index (χ1v) is 13.9. The Hall–Kier alpha value is -2.56. The van der Waals surface area contributed by atoms with Crippen molar-refractivity contribution < 1.29 is 18.3 Å². The van der Waals surface area contributed by atoms with Gasteiger partial charge in [-0.15, -0.1) is 0 Å². The molecule has 1 aromatic carbocycles. The summed E-state index contributed by atoms with van der Waals surface area (Å²) >= 11 is 0. The number of hydrogen-bond acceptors (Lipinski definition) is 7. The van der Waals surface area contributed by atoms with Crippen LogP contribution in [0.3, 0.4) is 0 Å². The van der Waals surface area contributed by atoms with Crippen LogP contribution in [0, 0.1) is 5.92 Å². The molecule has 10 heteroatoms. The first kappa shape index (κ1) is 27.0. The van der Waals surface area contributed by atoms with Crippen LogP contribution in [0.15, 0.2) is 35.4 Å². The monoisotopic (exact) mass is 503 g/mol. The number of carbonyl (C=O) groups is 1. The van der Waals surface area contributed by atoms with E-state index in [1.807, 2.05) is 13.8 Å². The first-order chi connectivity index (χ1) is 16.8. The molecule has 1 aliphatic carbocycles. The standard InChI is InChI=1S/C25H37N5O4S/c1-4-16-30(5-2)35(33,34)21-13-9-19(10-14-21)28-24(32)22-17-27-25(26-3)29-23(22)15-8-18-6-11-20(31)12-7-18/h9-10,13-14,17-18,20,31H,4-8,11-12,15-16H2,1-3H3,(H,28,32)(H,26,27,29). The second kappa shape index (κ2) is 12.4. The lowest BCUT2D eigenvalue weighted by Gasteiger charge is -2.25. The minimum Gasteiger partial charge on any atom is -0.393 e. The number of hydrogen-bond donors (Lipinski definition) is 3. The van der Waals surface area contributed by atoms with Gasteiger partial charge in [0.15, 0.2) is 0 Å². The van der Waals surface area contributed by atoms with Gasteiger partial charge in [-0.05, 0) is 75.1 Å². The van der Waals surface area contributed by atoms with Crippen LogP contribution in [0.5, 0.6) is 0 Å². The highest BCUT2D eigenvalue weighted by atomic mass is 32.2. The molecule has 3 rings (SSSR count). The summed E-state index contributed by atoms with van der Waals surface area (Å²) in [5.74, 6) is 0.628. The van der Waals surface area contributed by atoms with Gasteiger partial charge in [0.1, 0.15) is 0 Å². The number of rotatable bonds is 11. The minimum absolute atomic E-state index is 0.194. The number of nitrogens with zero attached hydrogens (tertiary/aromatic N) is 3. The van der Waals surface area contributed by atoms with Gasteiger partial charge in [-0.1, -0.05) is 13.8 Å². The van der Waals surface area contributed by atoms with Crippen molar-refractivity contribution in [3.8, 4) is 0 Å². The molecule has 0 spiro atoms. The topological polar surface area (TPSA) is 125 Å². The molecule has 3 N–H and O–H groups in total. The third-order valence-electron chi connectivity index (χ3n) is 6.52. The average molecular weight is 504 g/mol. The number of aryl methyl sites for hydroxylation is 1. The van der Waals surface area contributed by atoms with E-state index in [0.717, 1.165) is 38.5 Å². The number of aliphatic hydroxyl groups excluding tert-OH is 1. The maximum Gasteiger partial charge on any atom is 0.259 e. The maximum absolute atomic E-state index is 13.1. The molecule has 9 nitrogen and oxygen atoms in total. The molecule has 1 amide bonds. The molecule has 0 saturated heterocycles. The fraction of sp³-hybridized carbons (Fsp3) is 0.560. The molecule has 0 aliphatic heterocycles. The zero-order valence-electron chi connectivity index (χ0n) is 20.8. The van der Waals surface area contributed by atoms with E-state index in [9.17, 15) is 18.3 Å². The van der Waals surface area contributed by atoms with Crippen molar-refractivity contribution in [3.05, 3.63) is 41.7 Å². The smallest absolute Gasteiger partial charge is 0.259 e. The summed E-state index contributed by atoms with van der Waals surface area (Å²) in [4.78, 5) is 22.0. The van der Waals surface area contributed by atoms with Crippen LogP contribution in [0.1, 0.15) is 68.4 Å². The van der Waals surface area contributed by atoms with Gasteiger partial charge in [-0.2, -0.15) is 4.31 Å². The van der Waals surface area contributed by atoms with Gasteiger partial charge in [0.25, 0.3) is 5.91 Å². The zero-order valence-corrected chi connectivity index (χ0v) is 21.6. The van der Waals surface area contributed by atoms with E-state index in [1.54, 1.807) is 19.2 Å². The highest BCUT2D eigenvalue weighted by Gasteiger charge is 2.23. The van der Waals surface area contributed by atoms with E-state index in [4.69, 9.17) is 0 Å². The number of benzene rings is 1. The fourth-order valence-electron chi connectivity index (χ4n) is 4.45. The molecule has 0 atom stereocenters. The summed E-state index contributed by atoms with van der Waals surface area (Å²) in [5, 5.41) is 15.5. The van der Waals surface area contributed by atoms with Crippen molar-refractivity contribution in [1.29, 1.82) is 0 Å². The van der Waals surface area contributed by atoms with E-state index in [1.165, 1.54) is 22.6 Å². The number of amides is 1. The molecular formula is C25H37N5O4S. The Kier molecular flexibility index (Phi) is 9.59. The highest BCUT2D eigenvalue weighted by Crippen LogP contribution is 2.28. The van der Waals surface area contributed by atoms with Gasteiger partial charge in [-0.3, -0.25) is 4.79 Å². The predicted molar refractivity (Wildman–Crippen MR) is 137 cm³/mol. The van der Waals surface area contributed by atoms with Gasteiger partial charge in [0.2, 0.25) is 16.0 Å². The van der Waals surface area contributed by atoms with Crippen LogP contribution in [-0.2, 0) is 16.4 Å². The molecule has 1 fully saturated rings. The van der Waals surface area contributed by atoms with Crippen molar-refractivity contribution in [3.63, 3.8) is 0 Å². The van der Waals surface area contributed by atoms with Crippen LogP contribution < -0.4 is 10.6 Å². The second-order valence-corrected chi connectivity index (χ2v) is 10.9. The van der Waals surface area contributed by atoms with Crippen LogP contribution in [0.25, 0.3) is 0 Å². The fourth-order valence-corrected chi connectivity index (χ4v) is 5.99. The molecule has 0 unspecified atom stereocenters. The minimum atomic E-state index is -3.57. The summed E-state index contributed by atoms with van der Waals surface area (Å²) in [7, 11) is -1.84. The van der Waals surface area contributed by atoms with Crippen molar-refractivity contribution in [2.24, 2.45) is 5.92 Å². The van der Waals surface area contributed by atoms with Gasteiger partial charge >= 0.3 is 0 Å². The van der Waals surface area contributed by atoms with Crippen LogP contribution in [0.2, 0.25) is 0 Å². The lowest BCUT2D eigenvalue weighted by atomic mass is 9.84. The maximum atomic E-state index is 13.1. The lowest BCUT2D eigenvalue weighted by molar-refractivity contribution is 0.102. The number of anilines is 2. The lowest BCUT2D eigenvalue weighted by Crippen LogP contribution is -2.31. The quantitative estimate of drug-likeness (QED) is 0.427. The summed E-state index contributed by atoms with van der Waals surface area (Å²) in [6.45, 7) is 4.63. The molecule has 192 valence electrons. The van der Waals surface area contributed by atoms with E-state index >= 15 is 0 Å². The highest BCUT2D eigenvalue weighted by molar-refractivity contribution is 7.89. The molecule has 0 radical (unpaired) electrons. The Morgan fingerprint density at radius 2 is 1.83 bits per heavy atom. The van der Waals surface area contributed by atoms with Crippen LogP contribution in [-0.4, -0.2) is 59.9 Å². The Bertz CT molecular complexity index is 1080. The molecule has 2 aromatic rings. The van der Waals surface area contributed by atoms with Gasteiger partial charge in [0, 0.05) is 32.0 Å². The zero-order chi connectivity index (χ0) is 25.4. The van der Waals surface area contributed by atoms with E-state index in [-0.39, 0.29) is 16.9 Å². The normalized spacial score (nSPS) is 18.4. The Balaban J connectivity index is 1.72. The van der Waals surface area contributed by atoms with Gasteiger partial charge < -0.3 is 15.7 Å². The summed E-state index contributed by atoms with van der Waals surface area (Å²) < 4.78 is 27.1. The van der Waals surface area contributed by atoms with E-state index in [2.05, 4.69) is 20.6 Å². The number of aliphatic hydroxyl groups is 1. The number of carbonyl (C=O) groups excluding carboxylic acids is 1. The summed E-state index contributed by atoms with van der Waals surface area (Å²) in [6.07, 6.45) is 7.21. The molecule has 1 aliphatic rings. The molecule has 1 saturated carbocycles. The SMILES string of the molecule is CCCN(CC)S(=O)(=O)c1ccc(NC(=O)c2cnc(NC)nc2CCC2CCC(O)CC2)cc1. The van der Waals surface area contributed by atoms with Crippen LogP contribution >= 0.6 is 0 Å². The van der Waals surface area contributed by atoms with E-state index < -0.39 is 10.0 Å². The predicted octanol–water partition coefficient (Wildman–Crippen LogP) is 3.67. The van der Waals surface area contributed by atoms with Crippen LogP contribution in [0.4, 0.5) is 11.6 Å². The molecule has 35 heavy (non-hydrogen) atoms. The second-order valence-electron chi connectivity index (χ2n) is 8.99. The van der Waals surface area contributed by atoms with Gasteiger partial charge in [-0.25, -0.2) is 18.4 Å². The number of sulfonamides is 1. The largest absolute Gasteiger partial charge is 0.393 e. The third kappa shape index (κ3) is 6.99. The number of nitrogens with one attached hydrogen (secondary N) is 2. The van der Waals surface area contributed by atoms with Crippen molar-refractivity contribution in [2.45, 2.75) is 69.8 Å². The molecule has 1 aromatic heterocycles. The first-order valence-electron chi connectivity index (χ1n) is 12.4. The Morgan fingerprint density at radius 3 is 2.43 bits per heavy atom.